The Kier molecular flexibility index (Phi) is 4.42. The number of hydrogen-bond acceptors (Lipinski definition) is 3. The molecule has 0 atom stereocenters. The van der Waals surface area contributed by atoms with Crippen molar-refractivity contribution >= 4 is 38.0 Å². The van der Waals surface area contributed by atoms with Gasteiger partial charge in [-0.3, -0.25) is 0 Å². The van der Waals surface area contributed by atoms with Crippen molar-refractivity contribution in [1.29, 1.82) is 5.26 Å². The molecule has 0 aliphatic heterocycles. The third kappa shape index (κ3) is 3.00. The Morgan fingerprint density at radius 1 is 1.20 bits per heavy atom. The number of halogens is 2. The molecule has 2 aromatic carbocycles. The summed E-state index contributed by atoms with van der Waals surface area (Å²) >= 11 is 6.78. The molecule has 0 aromatic heterocycles. The molecule has 0 saturated carbocycles. The van der Waals surface area contributed by atoms with Gasteiger partial charge in [0.25, 0.3) is 0 Å². The minimum Gasteiger partial charge on any atom is -0.449 e. The zero-order valence-corrected chi connectivity index (χ0v) is 13.1. The van der Waals surface area contributed by atoms with Gasteiger partial charge >= 0.3 is 6.16 Å². The molecule has 6 heteroatoms. The zero-order chi connectivity index (χ0) is 14.7. The Bertz CT molecular complexity index is 700. The lowest BCUT2D eigenvalue weighted by Crippen LogP contribution is -2.04. The van der Waals surface area contributed by atoms with E-state index in [-0.39, 0.29) is 5.75 Å². The van der Waals surface area contributed by atoms with E-state index in [0.717, 1.165) is 5.56 Å². The van der Waals surface area contributed by atoms with E-state index in [1.165, 1.54) is 0 Å². The van der Waals surface area contributed by atoms with Gasteiger partial charge in [-0.15, -0.1) is 0 Å². The summed E-state index contributed by atoms with van der Waals surface area (Å²) in [5.41, 5.74) is 1.82. The van der Waals surface area contributed by atoms with Crippen LogP contribution in [0.2, 0.25) is 0 Å². The van der Waals surface area contributed by atoms with Crippen LogP contribution in [0.1, 0.15) is 5.56 Å². The largest absolute Gasteiger partial charge is 0.511 e. The van der Waals surface area contributed by atoms with Crippen LogP contribution in [-0.4, -0.2) is 11.3 Å². The molecule has 0 unspecified atom stereocenters. The van der Waals surface area contributed by atoms with Crippen LogP contribution in [0.4, 0.5) is 4.79 Å². The smallest absolute Gasteiger partial charge is 0.449 e. The van der Waals surface area contributed by atoms with Crippen LogP contribution < -0.4 is 4.74 Å². The van der Waals surface area contributed by atoms with Gasteiger partial charge in [-0.25, -0.2) is 4.79 Å². The summed E-state index contributed by atoms with van der Waals surface area (Å²) in [5.74, 6) is 0.228. The average molecular weight is 397 g/mol. The number of rotatable bonds is 2. The molecular formula is C14H7Br2NO3. The first-order chi connectivity index (χ1) is 9.52. The number of ether oxygens (including phenoxy) is 1. The van der Waals surface area contributed by atoms with Crippen LogP contribution >= 0.6 is 31.9 Å². The van der Waals surface area contributed by atoms with Gasteiger partial charge in [-0.05, 0) is 18.2 Å². The summed E-state index contributed by atoms with van der Waals surface area (Å²) < 4.78 is 6.12. The van der Waals surface area contributed by atoms with E-state index in [2.05, 4.69) is 31.9 Å². The van der Waals surface area contributed by atoms with Crippen molar-refractivity contribution in [3.8, 4) is 22.9 Å². The molecule has 0 radical (unpaired) electrons. The van der Waals surface area contributed by atoms with Gasteiger partial charge in [0.05, 0.1) is 11.6 Å². The number of nitriles is 1. The van der Waals surface area contributed by atoms with Gasteiger partial charge in [0.1, 0.15) is 5.75 Å². The van der Waals surface area contributed by atoms with E-state index in [0.29, 0.717) is 20.1 Å². The Morgan fingerprint density at radius 2 is 1.80 bits per heavy atom. The molecule has 0 heterocycles. The second-order valence-corrected chi connectivity index (χ2v) is 5.50. The van der Waals surface area contributed by atoms with Gasteiger partial charge in [0, 0.05) is 20.1 Å². The van der Waals surface area contributed by atoms with Crippen LogP contribution in [-0.2, 0) is 0 Å². The van der Waals surface area contributed by atoms with Crippen LogP contribution in [0.5, 0.6) is 5.75 Å². The first kappa shape index (κ1) is 14.6. The fourth-order valence-corrected chi connectivity index (χ4v) is 3.36. The molecule has 20 heavy (non-hydrogen) atoms. The highest BCUT2D eigenvalue weighted by atomic mass is 79.9. The summed E-state index contributed by atoms with van der Waals surface area (Å²) in [5, 5.41) is 17.7. The minimum absolute atomic E-state index is 0.228. The monoisotopic (exact) mass is 395 g/mol. The molecule has 0 spiro atoms. The maximum atomic E-state index is 10.7. The maximum Gasteiger partial charge on any atom is 0.511 e. The first-order valence-corrected chi connectivity index (χ1v) is 7.01. The lowest BCUT2D eigenvalue weighted by molar-refractivity contribution is 0.144. The fraction of sp³-hybridized carbons (Fsp3) is 0. The Hall–Kier alpha value is -1.84. The molecule has 100 valence electrons. The third-order valence-corrected chi connectivity index (χ3v) is 3.78. The van der Waals surface area contributed by atoms with Crippen molar-refractivity contribution in [1.82, 2.24) is 0 Å². The summed E-state index contributed by atoms with van der Waals surface area (Å²) in [4.78, 5) is 10.7. The number of carboxylic acid groups (broad SMARTS) is 1. The number of nitrogens with zero attached hydrogens (tertiary/aromatic N) is 1. The van der Waals surface area contributed by atoms with Crippen molar-refractivity contribution in [2.75, 3.05) is 0 Å². The number of hydrogen-bond donors (Lipinski definition) is 1. The van der Waals surface area contributed by atoms with Crippen molar-refractivity contribution < 1.29 is 14.6 Å². The molecule has 0 saturated heterocycles. The molecule has 0 aliphatic rings. The normalized spacial score (nSPS) is 9.85. The number of benzene rings is 2. The van der Waals surface area contributed by atoms with Crippen LogP contribution in [0, 0.1) is 11.3 Å². The van der Waals surface area contributed by atoms with Crippen molar-refractivity contribution in [3.63, 3.8) is 0 Å². The number of para-hydroxylation sites is 1. The molecule has 0 aliphatic carbocycles. The molecule has 2 rings (SSSR count). The van der Waals surface area contributed by atoms with Crippen LogP contribution in [0.25, 0.3) is 11.1 Å². The second-order valence-electron chi connectivity index (χ2n) is 3.79. The maximum absolute atomic E-state index is 10.7. The topological polar surface area (TPSA) is 70.3 Å². The van der Waals surface area contributed by atoms with E-state index in [9.17, 15) is 4.79 Å². The highest BCUT2D eigenvalue weighted by molar-refractivity contribution is 9.11. The highest BCUT2D eigenvalue weighted by Crippen LogP contribution is 2.40. The molecular weight excluding hydrogens is 390 g/mol. The fourth-order valence-electron chi connectivity index (χ4n) is 1.75. The lowest BCUT2D eigenvalue weighted by atomic mass is 10.0. The Labute approximate surface area is 131 Å². The van der Waals surface area contributed by atoms with E-state index < -0.39 is 6.16 Å². The molecule has 0 fully saturated rings. The van der Waals surface area contributed by atoms with Gasteiger partial charge < -0.3 is 9.84 Å². The summed E-state index contributed by atoms with van der Waals surface area (Å²) in [6, 6.07) is 12.2. The molecule has 1 N–H and O–H groups in total. The van der Waals surface area contributed by atoms with Crippen molar-refractivity contribution in [2.45, 2.75) is 0 Å². The van der Waals surface area contributed by atoms with Gasteiger partial charge in [0.15, 0.2) is 0 Å². The van der Waals surface area contributed by atoms with Gasteiger partial charge in [0.2, 0.25) is 0 Å². The van der Waals surface area contributed by atoms with Crippen molar-refractivity contribution in [3.05, 3.63) is 50.9 Å². The predicted octanol–water partition coefficient (Wildman–Crippen LogP) is 4.81. The molecule has 0 bridgehead atoms. The summed E-state index contributed by atoms with van der Waals surface area (Å²) in [7, 11) is 0. The standard InChI is InChI=1S/C14H7Br2NO3/c15-10-5-8(7-17)6-11(16)13(10)9-3-1-2-4-12(9)20-14(18)19/h1-6H,(H,18,19). The van der Waals surface area contributed by atoms with E-state index >= 15 is 0 Å². The summed E-state index contributed by atoms with van der Waals surface area (Å²) in [6.45, 7) is 0. The van der Waals surface area contributed by atoms with E-state index in [4.69, 9.17) is 15.1 Å². The molecule has 4 nitrogen and oxygen atoms in total. The lowest BCUT2D eigenvalue weighted by Gasteiger charge is -2.12. The SMILES string of the molecule is N#Cc1cc(Br)c(-c2ccccc2OC(=O)O)c(Br)c1. The van der Waals surface area contributed by atoms with Gasteiger partial charge in [-0.1, -0.05) is 50.1 Å². The average Bonchev–Trinajstić information content (AvgIpc) is 2.39. The summed E-state index contributed by atoms with van der Waals surface area (Å²) in [6.07, 6.45) is -1.38. The zero-order valence-electron chi connectivity index (χ0n) is 9.93. The first-order valence-electron chi connectivity index (χ1n) is 5.42. The quantitative estimate of drug-likeness (QED) is 0.584. The Balaban J connectivity index is 2.63. The molecule has 0 amide bonds. The third-order valence-electron chi connectivity index (χ3n) is 2.52. The van der Waals surface area contributed by atoms with Crippen LogP contribution in [0.15, 0.2) is 45.3 Å². The van der Waals surface area contributed by atoms with Crippen molar-refractivity contribution in [2.24, 2.45) is 0 Å². The van der Waals surface area contributed by atoms with E-state index in [1.807, 2.05) is 6.07 Å². The molecule has 2 aromatic rings. The second kappa shape index (κ2) is 6.07. The predicted molar refractivity (Wildman–Crippen MR) is 80.6 cm³/mol. The minimum atomic E-state index is -1.38. The van der Waals surface area contributed by atoms with Crippen LogP contribution in [0.3, 0.4) is 0 Å². The highest BCUT2D eigenvalue weighted by Gasteiger charge is 2.15. The Morgan fingerprint density at radius 3 is 2.35 bits per heavy atom. The van der Waals surface area contributed by atoms with E-state index in [1.54, 1.807) is 36.4 Å². The number of carbonyl (C=O) groups is 1. The van der Waals surface area contributed by atoms with Gasteiger partial charge in [-0.2, -0.15) is 5.26 Å².